The Bertz CT molecular complexity index is 1090. The summed E-state index contributed by atoms with van der Waals surface area (Å²) < 4.78 is 10.8. The Morgan fingerprint density at radius 3 is 2.69 bits per heavy atom. The van der Waals surface area contributed by atoms with Gasteiger partial charge in [0.2, 0.25) is 0 Å². The predicted molar refractivity (Wildman–Crippen MR) is 129 cm³/mol. The number of benzene rings is 2. The number of piperazine rings is 1. The van der Waals surface area contributed by atoms with Crippen LogP contribution in [0.4, 0.5) is 5.82 Å². The molecule has 5 rings (SSSR count). The summed E-state index contributed by atoms with van der Waals surface area (Å²) in [5.41, 5.74) is 4.09. The number of esters is 1. The minimum atomic E-state index is -0.166. The van der Waals surface area contributed by atoms with Crippen molar-refractivity contribution in [2.75, 3.05) is 51.3 Å². The van der Waals surface area contributed by atoms with Gasteiger partial charge in [0.1, 0.15) is 5.82 Å². The molecule has 1 fully saturated rings. The molecule has 0 bridgehead atoms. The van der Waals surface area contributed by atoms with Gasteiger partial charge in [-0.3, -0.25) is 14.6 Å². The Hall–Kier alpha value is -2.48. The third-order valence-electron chi connectivity index (χ3n) is 6.61. The van der Waals surface area contributed by atoms with E-state index in [4.69, 9.17) is 9.11 Å². The zero-order valence-corrected chi connectivity index (χ0v) is 19.4. The molecule has 0 radical (unpaired) electrons. The lowest BCUT2D eigenvalue weighted by Gasteiger charge is -2.35. The van der Waals surface area contributed by atoms with Gasteiger partial charge in [0.25, 0.3) is 0 Å². The number of nitrogens with zero attached hydrogens (tertiary/aromatic N) is 4. The molecule has 2 aliphatic rings. The van der Waals surface area contributed by atoms with E-state index in [0.29, 0.717) is 6.54 Å². The van der Waals surface area contributed by atoms with Crippen molar-refractivity contribution in [1.82, 2.24) is 14.2 Å². The zero-order valence-electron chi connectivity index (χ0n) is 18.6. The summed E-state index contributed by atoms with van der Waals surface area (Å²) in [5, 5.41) is 1.28. The summed E-state index contributed by atoms with van der Waals surface area (Å²) in [6, 6.07) is 15.4. The summed E-state index contributed by atoms with van der Waals surface area (Å²) in [6.45, 7) is 7.46. The van der Waals surface area contributed by atoms with Crippen LogP contribution in [0.2, 0.25) is 0 Å². The third kappa shape index (κ3) is 4.65. The lowest BCUT2D eigenvalue weighted by Crippen LogP contribution is -2.46. The number of ether oxygens (including phenoxy) is 1. The van der Waals surface area contributed by atoms with E-state index < -0.39 is 0 Å². The van der Waals surface area contributed by atoms with Gasteiger partial charge >= 0.3 is 5.97 Å². The number of rotatable bonds is 7. The molecular weight excluding hydrogens is 420 g/mol. The fraction of sp³-hybridized carbons (Fsp3) is 0.440. The summed E-state index contributed by atoms with van der Waals surface area (Å²) in [5.74, 6) is 0.991. The van der Waals surface area contributed by atoms with Crippen LogP contribution in [0.1, 0.15) is 23.1 Å². The second-order valence-corrected chi connectivity index (χ2v) is 9.56. The quantitative estimate of drug-likeness (QED) is 0.513. The highest BCUT2D eigenvalue weighted by molar-refractivity contribution is 7.13. The van der Waals surface area contributed by atoms with Crippen molar-refractivity contribution in [3.63, 3.8) is 0 Å². The lowest BCUT2D eigenvalue weighted by molar-refractivity contribution is -0.142. The van der Waals surface area contributed by atoms with Gasteiger partial charge < -0.3 is 9.64 Å². The van der Waals surface area contributed by atoms with Crippen molar-refractivity contribution in [2.24, 2.45) is 0 Å². The highest BCUT2D eigenvalue weighted by Crippen LogP contribution is 2.30. The Labute approximate surface area is 193 Å². The second kappa shape index (κ2) is 9.57. The standard InChI is InChI=1S/C25H30N4O2S/c1-31-24(30)18-28-16-20-9-8-19(15-21(20)17-28)5-4-10-27-11-13-29(14-12-27)25-22-6-2-3-7-23(22)32-26-25/h2-3,6-9,15H,4-5,10-14,16-18H2,1H3. The summed E-state index contributed by atoms with van der Waals surface area (Å²) in [7, 11) is 1.45. The van der Waals surface area contributed by atoms with Gasteiger partial charge in [0, 0.05) is 44.7 Å². The van der Waals surface area contributed by atoms with Gasteiger partial charge in [0.05, 0.1) is 18.4 Å². The molecule has 0 unspecified atom stereocenters. The molecule has 0 N–H and O–H groups in total. The van der Waals surface area contributed by atoms with Gasteiger partial charge in [-0.15, -0.1) is 0 Å². The van der Waals surface area contributed by atoms with E-state index in [1.807, 2.05) is 0 Å². The zero-order chi connectivity index (χ0) is 21.9. The maximum absolute atomic E-state index is 11.5. The van der Waals surface area contributed by atoms with Crippen LogP contribution < -0.4 is 4.90 Å². The van der Waals surface area contributed by atoms with E-state index in [2.05, 4.69) is 57.2 Å². The average molecular weight is 451 g/mol. The summed E-state index contributed by atoms with van der Waals surface area (Å²) >= 11 is 1.60. The Morgan fingerprint density at radius 2 is 1.84 bits per heavy atom. The van der Waals surface area contributed by atoms with Crippen LogP contribution in [0.25, 0.3) is 10.1 Å². The van der Waals surface area contributed by atoms with Crippen LogP contribution in [0, 0.1) is 0 Å². The summed E-state index contributed by atoms with van der Waals surface area (Å²) in [6.07, 6.45) is 2.27. The third-order valence-corrected chi connectivity index (χ3v) is 7.43. The molecule has 6 nitrogen and oxygen atoms in total. The number of anilines is 1. The number of fused-ring (bicyclic) bond motifs is 2. The second-order valence-electron chi connectivity index (χ2n) is 8.76. The molecule has 3 heterocycles. The summed E-state index contributed by atoms with van der Waals surface area (Å²) in [4.78, 5) is 18.7. The molecule has 2 aromatic carbocycles. The van der Waals surface area contributed by atoms with Crippen LogP contribution in [0.3, 0.4) is 0 Å². The van der Waals surface area contributed by atoms with Crippen LogP contribution >= 0.6 is 11.5 Å². The van der Waals surface area contributed by atoms with Gasteiger partial charge in [-0.05, 0) is 59.7 Å². The van der Waals surface area contributed by atoms with Crippen molar-refractivity contribution in [3.8, 4) is 0 Å². The van der Waals surface area contributed by atoms with Gasteiger partial charge in [-0.25, -0.2) is 0 Å². The number of hydrogen-bond donors (Lipinski definition) is 0. The van der Waals surface area contributed by atoms with E-state index in [-0.39, 0.29) is 5.97 Å². The SMILES string of the molecule is COC(=O)CN1Cc2ccc(CCCN3CCN(c4nsc5ccccc45)CC3)cc2C1. The topological polar surface area (TPSA) is 48.9 Å². The maximum atomic E-state index is 11.5. The number of carbonyl (C=O) groups is 1. The molecule has 32 heavy (non-hydrogen) atoms. The first-order chi connectivity index (χ1) is 15.7. The number of aromatic nitrogens is 1. The molecule has 0 amide bonds. The van der Waals surface area contributed by atoms with Crippen molar-refractivity contribution in [2.45, 2.75) is 25.9 Å². The van der Waals surface area contributed by atoms with Crippen LogP contribution in [-0.2, 0) is 29.0 Å². The lowest BCUT2D eigenvalue weighted by atomic mass is 10.0. The van der Waals surface area contributed by atoms with E-state index in [0.717, 1.165) is 58.1 Å². The largest absolute Gasteiger partial charge is 0.468 e. The predicted octanol–water partition coefficient (Wildman–Crippen LogP) is 3.54. The Balaban J connectivity index is 1.08. The minimum absolute atomic E-state index is 0.166. The number of hydrogen-bond acceptors (Lipinski definition) is 7. The molecule has 3 aromatic rings. The van der Waals surface area contributed by atoms with Crippen molar-refractivity contribution in [1.29, 1.82) is 0 Å². The molecule has 168 valence electrons. The van der Waals surface area contributed by atoms with E-state index in [9.17, 15) is 4.79 Å². The normalized spacial score (nSPS) is 17.1. The monoisotopic (exact) mass is 450 g/mol. The molecule has 1 saturated heterocycles. The van der Waals surface area contributed by atoms with Gasteiger partial charge in [0.15, 0.2) is 0 Å². The molecule has 2 aliphatic heterocycles. The first kappa shape index (κ1) is 21.4. The highest BCUT2D eigenvalue weighted by atomic mass is 32.1. The number of carbonyl (C=O) groups excluding carboxylic acids is 1. The Kier molecular flexibility index (Phi) is 6.39. The van der Waals surface area contributed by atoms with E-state index >= 15 is 0 Å². The smallest absolute Gasteiger partial charge is 0.319 e. The highest BCUT2D eigenvalue weighted by Gasteiger charge is 2.22. The number of aryl methyl sites for hydroxylation is 1. The van der Waals surface area contributed by atoms with Gasteiger partial charge in [-0.2, -0.15) is 4.37 Å². The van der Waals surface area contributed by atoms with E-state index in [1.54, 1.807) is 11.5 Å². The fourth-order valence-corrected chi connectivity index (χ4v) is 5.62. The molecule has 0 spiro atoms. The molecule has 7 heteroatoms. The molecular formula is C25H30N4O2S. The molecule has 1 aromatic heterocycles. The van der Waals surface area contributed by atoms with Crippen molar-refractivity contribution < 1.29 is 9.53 Å². The van der Waals surface area contributed by atoms with Crippen LogP contribution in [-0.4, -0.2) is 66.5 Å². The van der Waals surface area contributed by atoms with E-state index in [1.165, 1.54) is 40.3 Å². The fourth-order valence-electron chi connectivity index (χ4n) is 4.82. The minimum Gasteiger partial charge on any atom is -0.468 e. The van der Waals surface area contributed by atoms with Crippen LogP contribution in [0.5, 0.6) is 0 Å². The molecule has 0 atom stereocenters. The first-order valence-electron chi connectivity index (χ1n) is 11.4. The van der Waals surface area contributed by atoms with Gasteiger partial charge in [-0.1, -0.05) is 30.3 Å². The average Bonchev–Trinajstić information content (AvgIpc) is 3.43. The Morgan fingerprint density at radius 1 is 1.03 bits per heavy atom. The van der Waals surface area contributed by atoms with Crippen molar-refractivity contribution >= 4 is 33.4 Å². The molecule has 0 aliphatic carbocycles. The maximum Gasteiger partial charge on any atom is 0.319 e. The molecule has 0 saturated carbocycles. The first-order valence-corrected chi connectivity index (χ1v) is 12.2. The van der Waals surface area contributed by atoms with Crippen molar-refractivity contribution in [3.05, 3.63) is 59.2 Å². The van der Waals surface area contributed by atoms with Crippen LogP contribution in [0.15, 0.2) is 42.5 Å². The number of methoxy groups -OCH3 is 1.